The van der Waals surface area contributed by atoms with Gasteiger partial charge in [-0.05, 0) is 35.4 Å². The van der Waals surface area contributed by atoms with E-state index >= 15 is 0 Å². The Balaban J connectivity index is 2.18. The van der Waals surface area contributed by atoms with Crippen molar-refractivity contribution in [3.8, 4) is 6.07 Å². The minimum Gasteiger partial charge on any atom is -0.258 e. The molecule has 0 aromatic heterocycles. The van der Waals surface area contributed by atoms with Crippen LogP contribution in [0.4, 0.5) is 5.69 Å². The second-order valence-electron chi connectivity index (χ2n) is 3.92. The van der Waals surface area contributed by atoms with Crippen molar-refractivity contribution < 1.29 is 4.92 Å². The highest BCUT2D eigenvalue weighted by Crippen LogP contribution is 2.14. The molecule has 0 radical (unpaired) electrons. The summed E-state index contributed by atoms with van der Waals surface area (Å²) >= 11 is 0. The molecule has 19 heavy (non-hydrogen) atoms. The zero-order valence-corrected chi connectivity index (χ0v) is 9.98. The Morgan fingerprint density at radius 3 is 2.37 bits per heavy atom. The van der Waals surface area contributed by atoms with Gasteiger partial charge in [0.15, 0.2) is 0 Å². The van der Waals surface area contributed by atoms with Gasteiger partial charge >= 0.3 is 0 Å². The lowest BCUT2D eigenvalue weighted by atomic mass is 10.1. The van der Waals surface area contributed by atoms with Crippen LogP contribution in [0.5, 0.6) is 0 Å². The van der Waals surface area contributed by atoms with Gasteiger partial charge in [0.25, 0.3) is 5.69 Å². The van der Waals surface area contributed by atoms with Gasteiger partial charge in [-0.3, -0.25) is 10.1 Å². The number of nitro groups is 1. The summed E-state index contributed by atoms with van der Waals surface area (Å²) in [6, 6.07) is 15.6. The van der Waals surface area contributed by atoms with Crippen molar-refractivity contribution >= 4 is 17.8 Å². The summed E-state index contributed by atoms with van der Waals surface area (Å²) in [7, 11) is 0. The third-order valence-electron chi connectivity index (χ3n) is 2.59. The number of benzene rings is 2. The highest BCUT2D eigenvalue weighted by atomic mass is 16.6. The molecule has 0 spiro atoms. The molecule has 4 heteroatoms. The van der Waals surface area contributed by atoms with Gasteiger partial charge in [-0.1, -0.05) is 24.3 Å². The van der Waals surface area contributed by atoms with Gasteiger partial charge in [-0.25, -0.2) is 0 Å². The molecule has 2 aromatic carbocycles. The van der Waals surface area contributed by atoms with E-state index in [0.29, 0.717) is 5.56 Å². The van der Waals surface area contributed by atoms with Crippen molar-refractivity contribution in [2.75, 3.05) is 0 Å². The van der Waals surface area contributed by atoms with Crippen molar-refractivity contribution in [3.05, 3.63) is 75.3 Å². The lowest BCUT2D eigenvalue weighted by Gasteiger charge is -1.95. The number of hydrogen-bond acceptors (Lipinski definition) is 3. The van der Waals surface area contributed by atoms with E-state index in [1.807, 2.05) is 24.3 Å². The van der Waals surface area contributed by atoms with E-state index in [-0.39, 0.29) is 5.69 Å². The molecule has 0 bridgehead atoms. The molecule has 92 valence electrons. The van der Waals surface area contributed by atoms with E-state index in [2.05, 4.69) is 6.07 Å². The van der Waals surface area contributed by atoms with Gasteiger partial charge in [0.1, 0.15) is 0 Å². The first-order valence-electron chi connectivity index (χ1n) is 5.62. The van der Waals surface area contributed by atoms with Crippen molar-refractivity contribution in [3.63, 3.8) is 0 Å². The smallest absolute Gasteiger partial charge is 0.258 e. The van der Waals surface area contributed by atoms with Gasteiger partial charge < -0.3 is 0 Å². The average Bonchev–Trinajstić information content (AvgIpc) is 2.46. The van der Waals surface area contributed by atoms with Crippen molar-refractivity contribution in [2.45, 2.75) is 0 Å². The molecule has 0 fully saturated rings. The Kier molecular flexibility index (Phi) is 3.70. The number of nitrogens with zero attached hydrogens (tertiary/aromatic N) is 2. The van der Waals surface area contributed by atoms with Crippen LogP contribution in [-0.4, -0.2) is 4.92 Å². The molecule has 0 unspecified atom stereocenters. The van der Waals surface area contributed by atoms with Crippen LogP contribution in [0.15, 0.2) is 48.5 Å². The molecule has 2 rings (SSSR count). The topological polar surface area (TPSA) is 66.9 Å². The SMILES string of the molecule is N#Cc1cccc(/C=C/c2ccc([N+](=O)[O-])cc2)c1. The molecule has 4 nitrogen and oxygen atoms in total. The highest BCUT2D eigenvalue weighted by molar-refractivity contribution is 5.70. The monoisotopic (exact) mass is 250 g/mol. The molecule has 0 amide bonds. The zero-order valence-electron chi connectivity index (χ0n) is 9.98. The minimum atomic E-state index is -0.427. The normalized spacial score (nSPS) is 10.3. The van der Waals surface area contributed by atoms with Gasteiger partial charge in [-0.15, -0.1) is 0 Å². The number of rotatable bonds is 3. The Hall–Kier alpha value is -2.93. The highest BCUT2D eigenvalue weighted by Gasteiger charge is 2.02. The molecular weight excluding hydrogens is 240 g/mol. The first-order valence-corrected chi connectivity index (χ1v) is 5.62. The summed E-state index contributed by atoms with van der Waals surface area (Å²) in [4.78, 5) is 10.1. The number of non-ortho nitro benzene ring substituents is 1. The summed E-state index contributed by atoms with van der Waals surface area (Å²) in [6.07, 6.45) is 3.71. The Morgan fingerprint density at radius 1 is 1.05 bits per heavy atom. The van der Waals surface area contributed by atoms with Gasteiger partial charge in [0, 0.05) is 12.1 Å². The molecule has 0 aliphatic heterocycles. The fourth-order valence-electron chi connectivity index (χ4n) is 1.61. The maximum atomic E-state index is 10.5. The maximum absolute atomic E-state index is 10.5. The maximum Gasteiger partial charge on any atom is 0.269 e. The molecule has 0 heterocycles. The second-order valence-corrected chi connectivity index (χ2v) is 3.92. The largest absolute Gasteiger partial charge is 0.269 e. The Bertz CT molecular complexity index is 667. The Morgan fingerprint density at radius 2 is 1.74 bits per heavy atom. The first-order chi connectivity index (χ1) is 9.19. The Labute approximate surface area is 110 Å². The second kappa shape index (κ2) is 5.61. The number of hydrogen-bond donors (Lipinski definition) is 0. The first kappa shape index (κ1) is 12.5. The fraction of sp³-hybridized carbons (Fsp3) is 0. The molecule has 0 N–H and O–H groups in total. The van der Waals surface area contributed by atoms with Crippen LogP contribution >= 0.6 is 0 Å². The molecule has 0 saturated carbocycles. The summed E-state index contributed by atoms with van der Waals surface area (Å²) < 4.78 is 0. The summed E-state index contributed by atoms with van der Waals surface area (Å²) in [5.74, 6) is 0. The van der Waals surface area contributed by atoms with Crippen LogP contribution in [-0.2, 0) is 0 Å². The van der Waals surface area contributed by atoms with E-state index in [1.165, 1.54) is 12.1 Å². The van der Waals surface area contributed by atoms with Crippen LogP contribution < -0.4 is 0 Å². The van der Waals surface area contributed by atoms with Crippen LogP contribution in [0.3, 0.4) is 0 Å². The molecule has 0 saturated heterocycles. The van der Waals surface area contributed by atoms with Crippen molar-refractivity contribution in [1.82, 2.24) is 0 Å². The third kappa shape index (κ3) is 3.27. The number of nitriles is 1. The lowest BCUT2D eigenvalue weighted by Crippen LogP contribution is -1.86. The van der Waals surface area contributed by atoms with Gasteiger partial charge in [0.05, 0.1) is 16.6 Å². The lowest BCUT2D eigenvalue weighted by molar-refractivity contribution is -0.384. The van der Waals surface area contributed by atoms with E-state index < -0.39 is 4.92 Å². The molecular formula is C15H10N2O2. The quantitative estimate of drug-likeness (QED) is 0.474. The fourth-order valence-corrected chi connectivity index (χ4v) is 1.61. The predicted molar refractivity (Wildman–Crippen MR) is 73.2 cm³/mol. The van der Waals surface area contributed by atoms with Crippen molar-refractivity contribution in [1.29, 1.82) is 5.26 Å². The van der Waals surface area contributed by atoms with E-state index in [1.54, 1.807) is 24.3 Å². The van der Waals surface area contributed by atoms with E-state index in [4.69, 9.17) is 5.26 Å². The van der Waals surface area contributed by atoms with Crippen LogP contribution in [0.2, 0.25) is 0 Å². The van der Waals surface area contributed by atoms with Crippen molar-refractivity contribution in [2.24, 2.45) is 0 Å². The third-order valence-corrected chi connectivity index (χ3v) is 2.59. The molecule has 0 atom stereocenters. The summed E-state index contributed by atoms with van der Waals surface area (Å²) in [5.41, 5.74) is 2.46. The van der Waals surface area contributed by atoms with Crippen LogP contribution in [0, 0.1) is 21.4 Å². The zero-order chi connectivity index (χ0) is 13.7. The van der Waals surface area contributed by atoms with Gasteiger partial charge in [-0.2, -0.15) is 5.26 Å². The van der Waals surface area contributed by atoms with Crippen LogP contribution in [0.25, 0.3) is 12.2 Å². The molecule has 0 aliphatic carbocycles. The average molecular weight is 250 g/mol. The van der Waals surface area contributed by atoms with E-state index in [9.17, 15) is 10.1 Å². The van der Waals surface area contributed by atoms with E-state index in [0.717, 1.165) is 11.1 Å². The molecule has 0 aliphatic rings. The van der Waals surface area contributed by atoms with Gasteiger partial charge in [0.2, 0.25) is 0 Å². The summed E-state index contributed by atoms with van der Waals surface area (Å²) in [5, 5.41) is 19.3. The predicted octanol–water partition coefficient (Wildman–Crippen LogP) is 3.64. The minimum absolute atomic E-state index is 0.0728. The standard InChI is InChI=1S/C15H10N2O2/c16-11-14-3-1-2-13(10-14)5-4-12-6-8-15(9-7-12)17(18)19/h1-10H/b5-4+. The summed E-state index contributed by atoms with van der Waals surface area (Å²) in [6.45, 7) is 0. The van der Waals surface area contributed by atoms with Crippen LogP contribution in [0.1, 0.15) is 16.7 Å². The molecule has 2 aromatic rings. The number of nitro benzene ring substituents is 1.